The minimum atomic E-state index is 0.0296. The number of rotatable bonds is 10. The lowest BCUT2D eigenvalue weighted by Crippen LogP contribution is -2.23. The Balaban J connectivity index is 2.59. The molecule has 0 N–H and O–H groups in total. The minimum absolute atomic E-state index is 0.0296. The van der Waals surface area contributed by atoms with Crippen molar-refractivity contribution < 1.29 is 9.47 Å². The molecule has 0 aliphatic rings. The van der Waals surface area contributed by atoms with Crippen LogP contribution in [0.15, 0.2) is 30.3 Å². The Hall–Kier alpha value is -0.940. The molecule has 0 saturated carbocycles. The molecular weight excluding hydrogens is 394 g/mol. The summed E-state index contributed by atoms with van der Waals surface area (Å²) in [5, 5.41) is 1.59. The van der Waals surface area contributed by atoms with Crippen molar-refractivity contribution >= 4 is 21.8 Å². The zero-order valence-corrected chi connectivity index (χ0v) is 21.4. The SMILES string of the molecule is CCCC(C)(Pc1c(C)cccc1CP(C)C)c1cc(C)cc(C)c1OCOC. The molecule has 0 radical (unpaired) electrons. The summed E-state index contributed by atoms with van der Waals surface area (Å²) in [5.41, 5.74) is 6.77. The van der Waals surface area contributed by atoms with Crippen LogP contribution in [0.25, 0.3) is 0 Å². The Bertz CT molecular complexity index is 817. The molecule has 4 heteroatoms. The molecule has 160 valence electrons. The molecule has 0 aliphatic carbocycles. The van der Waals surface area contributed by atoms with Gasteiger partial charge in [-0.3, -0.25) is 0 Å². The highest BCUT2D eigenvalue weighted by molar-refractivity contribution is 7.55. The molecule has 0 heterocycles. The second-order valence-corrected chi connectivity index (χ2v) is 12.9. The Morgan fingerprint density at radius 2 is 1.79 bits per heavy atom. The molecule has 0 fully saturated rings. The number of ether oxygens (including phenoxy) is 2. The van der Waals surface area contributed by atoms with E-state index in [4.69, 9.17) is 9.47 Å². The fourth-order valence-corrected chi connectivity index (χ4v) is 7.05. The van der Waals surface area contributed by atoms with E-state index < -0.39 is 0 Å². The van der Waals surface area contributed by atoms with Gasteiger partial charge in [-0.1, -0.05) is 64.7 Å². The molecule has 2 unspecified atom stereocenters. The molecule has 2 rings (SSSR count). The van der Waals surface area contributed by atoms with Crippen molar-refractivity contribution in [2.75, 3.05) is 27.2 Å². The minimum Gasteiger partial charge on any atom is -0.467 e. The molecule has 0 aromatic heterocycles. The van der Waals surface area contributed by atoms with Gasteiger partial charge in [0.15, 0.2) is 6.79 Å². The molecule has 0 amide bonds. The van der Waals surface area contributed by atoms with Crippen LogP contribution in [0.1, 0.15) is 54.5 Å². The van der Waals surface area contributed by atoms with Crippen LogP contribution in [-0.2, 0) is 16.1 Å². The van der Waals surface area contributed by atoms with Crippen molar-refractivity contribution in [1.82, 2.24) is 0 Å². The van der Waals surface area contributed by atoms with E-state index in [-0.39, 0.29) is 19.9 Å². The van der Waals surface area contributed by atoms with Crippen molar-refractivity contribution in [2.24, 2.45) is 0 Å². The first-order valence-electron chi connectivity index (χ1n) is 10.5. The molecule has 0 spiro atoms. The maximum Gasteiger partial charge on any atom is 0.188 e. The number of hydrogen-bond acceptors (Lipinski definition) is 2. The van der Waals surface area contributed by atoms with Crippen LogP contribution in [0.4, 0.5) is 0 Å². The lowest BCUT2D eigenvalue weighted by Gasteiger charge is -2.34. The Morgan fingerprint density at radius 1 is 1.07 bits per heavy atom. The van der Waals surface area contributed by atoms with Gasteiger partial charge in [-0.15, -0.1) is 7.92 Å². The second-order valence-electron chi connectivity index (χ2n) is 8.56. The van der Waals surface area contributed by atoms with Crippen molar-refractivity contribution in [3.63, 3.8) is 0 Å². The van der Waals surface area contributed by atoms with Gasteiger partial charge < -0.3 is 9.47 Å². The molecule has 0 saturated heterocycles. The monoisotopic (exact) mass is 432 g/mol. The summed E-state index contributed by atoms with van der Waals surface area (Å²) in [6.45, 7) is 16.4. The highest BCUT2D eigenvalue weighted by Gasteiger charge is 2.32. The van der Waals surface area contributed by atoms with Gasteiger partial charge in [0.25, 0.3) is 0 Å². The predicted octanol–water partition coefficient (Wildman–Crippen LogP) is 6.86. The van der Waals surface area contributed by atoms with E-state index in [2.05, 4.69) is 78.3 Å². The number of methoxy groups -OCH3 is 1. The molecular formula is C25H38O2P2. The summed E-state index contributed by atoms with van der Waals surface area (Å²) in [7, 11) is 2.43. The summed E-state index contributed by atoms with van der Waals surface area (Å²) < 4.78 is 11.4. The standard InChI is InChI=1S/C25H38O2P2/c1-9-13-25(5,22-15-18(2)14-20(4)23(22)27-17-26-6)28-24-19(3)11-10-12-21(24)16-29(7)8/h10-12,14-15,28H,9,13,16-17H2,1-8H3. The Kier molecular flexibility index (Phi) is 9.15. The van der Waals surface area contributed by atoms with E-state index in [0.29, 0.717) is 8.58 Å². The van der Waals surface area contributed by atoms with Crippen LogP contribution < -0.4 is 10.0 Å². The van der Waals surface area contributed by atoms with Crippen LogP contribution in [0, 0.1) is 20.8 Å². The second kappa shape index (κ2) is 10.9. The van der Waals surface area contributed by atoms with Gasteiger partial charge in [-0.05, 0) is 68.7 Å². The Morgan fingerprint density at radius 3 is 2.41 bits per heavy atom. The quantitative estimate of drug-likeness (QED) is 0.302. The zero-order chi connectivity index (χ0) is 21.6. The third-order valence-electron chi connectivity index (χ3n) is 5.33. The van der Waals surface area contributed by atoms with Crippen LogP contribution in [-0.4, -0.2) is 27.2 Å². The Labute approximate surface area is 181 Å². The zero-order valence-electron chi connectivity index (χ0n) is 19.5. The van der Waals surface area contributed by atoms with Crippen molar-refractivity contribution in [3.05, 3.63) is 58.1 Å². The summed E-state index contributed by atoms with van der Waals surface area (Å²) in [5.74, 6) is 1.00. The summed E-state index contributed by atoms with van der Waals surface area (Å²) in [6.07, 6.45) is 3.48. The highest BCUT2D eigenvalue weighted by atomic mass is 31.1. The molecule has 0 bridgehead atoms. The first kappa shape index (κ1) is 24.3. The lowest BCUT2D eigenvalue weighted by atomic mass is 9.91. The largest absolute Gasteiger partial charge is 0.467 e. The van der Waals surface area contributed by atoms with Crippen molar-refractivity contribution in [3.8, 4) is 5.75 Å². The molecule has 2 aromatic carbocycles. The van der Waals surface area contributed by atoms with E-state index in [9.17, 15) is 0 Å². The lowest BCUT2D eigenvalue weighted by molar-refractivity contribution is 0.0495. The number of aryl methyl sites for hydroxylation is 3. The van der Waals surface area contributed by atoms with Gasteiger partial charge in [0.05, 0.1) is 0 Å². The van der Waals surface area contributed by atoms with E-state index in [1.807, 2.05) is 0 Å². The smallest absolute Gasteiger partial charge is 0.188 e. The normalized spacial score (nSPS) is 14.0. The van der Waals surface area contributed by atoms with Crippen LogP contribution in [0.3, 0.4) is 0 Å². The molecule has 0 aliphatic heterocycles. The van der Waals surface area contributed by atoms with Gasteiger partial charge in [-0.2, -0.15) is 0 Å². The van der Waals surface area contributed by atoms with Gasteiger partial charge in [0.1, 0.15) is 5.75 Å². The average Bonchev–Trinajstić information content (AvgIpc) is 2.63. The van der Waals surface area contributed by atoms with E-state index >= 15 is 0 Å². The summed E-state index contributed by atoms with van der Waals surface area (Å²) in [6, 6.07) is 11.4. The molecule has 2 atom stereocenters. The van der Waals surface area contributed by atoms with E-state index in [1.165, 1.54) is 34.0 Å². The van der Waals surface area contributed by atoms with Crippen LogP contribution in [0.5, 0.6) is 5.75 Å². The maximum absolute atomic E-state index is 6.11. The van der Waals surface area contributed by atoms with Crippen molar-refractivity contribution in [2.45, 2.75) is 58.8 Å². The third kappa shape index (κ3) is 6.27. The molecule has 29 heavy (non-hydrogen) atoms. The summed E-state index contributed by atoms with van der Waals surface area (Å²) >= 11 is 0. The maximum atomic E-state index is 6.11. The fraction of sp³-hybridized carbons (Fsp3) is 0.520. The topological polar surface area (TPSA) is 18.5 Å². The number of hydrogen-bond donors (Lipinski definition) is 0. The fourth-order valence-electron chi connectivity index (χ4n) is 4.09. The first-order chi connectivity index (χ1) is 13.7. The van der Waals surface area contributed by atoms with E-state index in [1.54, 1.807) is 12.4 Å². The number of benzene rings is 2. The summed E-state index contributed by atoms with van der Waals surface area (Å²) in [4.78, 5) is 0. The van der Waals surface area contributed by atoms with Gasteiger partial charge >= 0.3 is 0 Å². The third-order valence-corrected chi connectivity index (χ3v) is 8.34. The van der Waals surface area contributed by atoms with Gasteiger partial charge in [0, 0.05) is 17.8 Å². The van der Waals surface area contributed by atoms with Crippen LogP contribution >= 0.6 is 16.5 Å². The van der Waals surface area contributed by atoms with Crippen LogP contribution in [0.2, 0.25) is 0 Å². The van der Waals surface area contributed by atoms with Crippen molar-refractivity contribution in [1.29, 1.82) is 0 Å². The van der Waals surface area contributed by atoms with Gasteiger partial charge in [-0.25, -0.2) is 0 Å². The highest BCUT2D eigenvalue weighted by Crippen LogP contribution is 2.50. The molecule has 2 aromatic rings. The van der Waals surface area contributed by atoms with Gasteiger partial charge in [0.2, 0.25) is 0 Å². The molecule has 2 nitrogen and oxygen atoms in total. The first-order valence-corrected chi connectivity index (χ1v) is 13.9. The predicted molar refractivity (Wildman–Crippen MR) is 132 cm³/mol. The van der Waals surface area contributed by atoms with E-state index in [0.717, 1.165) is 18.6 Å². The average molecular weight is 433 g/mol.